The van der Waals surface area contributed by atoms with E-state index in [1.54, 1.807) is 13.2 Å². The molecule has 33 heavy (non-hydrogen) atoms. The second-order valence-electron chi connectivity index (χ2n) is 7.22. The van der Waals surface area contributed by atoms with Crippen molar-refractivity contribution >= 4 is 55.1 Å². The summed E-state index contributed by atoms with van der Waals surface area (Å²) in [5, 5.41) is 11.2. The number of piperazine rings is 1. The van der Waals surface area contributed by atoms with Crippen molar-refractivity contribution in [2.24, 2.45) is 0 Å². The van der Waals surface area contributed by atoms with Crippen LogP contribution in [0.1, 0.15) is 20.7 Å². The second-order valence-corrected chi connectivity index (χ2v) is 8.78. The zero-order valence-electron chi connectivity index (χ0n) is 18.0. The number of hydrogen-bond acceptors (Lipinski definition) is 7. The second kappa shape index (κ2) is 11.4. The molecule has 4 rings (SSSR count). The molecule has 0 aliphatic carbocycles. The minimum Gasteiger partial charge on any atom is -0.495 e. The first-order valence-electron chi connectivity index (χ1n) is 9.91. The number of nitrogens with one attached hydrogen (secondary N) is 1. The highest BCUT2D eigenvalue weighted by molar-refractivity contribution is 9.10. The van der Waals surface area contributed by atoms with E-state index in [1.807, 2.05) is 18.2 Å². The molecule has 1 aliphatic heterocycles. The maximum Gasteiger partial charge on any atom is 0.339 e. The van der Waals surface area contributed by atoms with Crippen molar-refractivity contribution in [1.82, 2.24) is 4.90 Å². The van der Waals surface area contributed by atoms with E-state index >= 15 is 0 Å². The van der Waals surface area contributed by atoms with Crippen LogP contribution in [0.4, 0.5) is 11.4 Å². The van der Waals surface area contributed by atoms with E-state index in [4.69, 9.17) is 14.3 Å². The Kier molecular flexibility index (Phi) is 8.59. The van der Waals surface area contributed by atoms with Crippen LogP contribution in [0.3, 0.4) is 0 Å². The zero-order valence-corrected chi connectivity index (χ0v) is 21.2. The molecule has 2 aromatic heterocycles. The van der Waals surface area contributed by atoms with E-state index in [1.165, 1.54) is 18.6 Å². The lowest BCUT2D eigenvalue weighted by Crippen LogP contribution is -2.44. The lowest BCUT2D eigenvalue weighted by molar-refractivity contribution is 0.0696. The van der Waals surface area contributed by atoms with Crippen LogP contribution in [0.25, 0.3) is 0 Å². The van der Waals surface area contributed by atoms with Crippen molar-refractivity contribution in [3.63, 3.8) is 0 Å². The van der Waals surface area contributed by atoms with Gasteiger partial charge in [0.2, 0.25) is 0 Å². The molecule has 0 atom stereocenters. The Hall–Kier alpha value is -2.76. The number of nitrogens with zero attached hydrogens (tertiary/aromatic N) is 2. The van der Waals surface area contributed by atoms with Crippen molar-refractivity contribution in [2.45, 2.75) is 0 Å². The summed E-state index contributed by atoms with van der Waals surface area (Å²) >= 11 is 6.17. The highest BCUT2D eigenvalue weighted by Gasteiger charge is 2.19. The number of benzene rings is 1. The van der Waals surface area contributed by atoms with E-state index in [-0.39, 0.29) is 11.5 Å². The average molecular weight is 585 g/mol. The van der Waals surface area contributed by atoms with Gasteiger partial charge in [-0.3, -0.25) is 4.79 Å². The third-order valence-corrected chi connectivity index (χ3v) is 5.76. The molecule has 3 aromatic rings. The topological polar surface area (TPSA) is 108 Å². The van der Waals surface area contributed by atoms with E-state index in [0.29, 0.717) is 14.9 Å². The van der Waals surface area contributed by atoms with Crippen molar-refractivity contribution < 1.29 is 28.3 Å². The number of aromatic carboxylic acids is 1. The molecular formula is C22H23Br2N3O6. The Bertz CT molecular complexity index is 1110. The number of carboxylic acid groups (broad SMARTS) is 1. The maximum absolute atomic E-state index is 12.3. The number of methoxy groups -OCH3 is 1. The zero-order chi connectivity index (χ0) is 24.0. The van der Waals surface area contributed by atoms with Crippen LogP contribution < -0.4 is 15.0 Å². The third-order valence-electron chi connectivity index (χ3n) is 4.92. The number of halogens is 2. The van der Waals surface area contributed by atoms with Crippen molar-refractivity contribution in [3.8, 4) is 5.75 Å². The fraction of sp³-hybridized carbons (Fsp3) is 0.273. The molecule has 1 fully saturated rings. The first-order valence-corrected chi connectivity index (χ1v) is 11.5. The van der Waals surface area contributed by atoms with Gasteiger partial charge >= 0.3 is 5.97 Å². The molecule has 9 nitrogen and oxygen atoms in total. The molecule has 0 spiro atoms. The highest BCUT2D eigenvalue weighted by Crippen LogP contribution is 2.32. The number of amides is 1. The molecule has 0 unspecified atom stereocenters. The fourth-order valence-electron chi connectivity index (χ4n) is 3.12. The van der Waals surface area contributed by atoms with Crippen LogP contribution in [0.2, 0.25) is 0 Å². The quantitative estimate of drug-likeness (QED) is 0.440. The van der Waals surface area contributed by atoms with Gasteiger partial charge in [0.05, 0.1) is 23.9 Å². The number of ether oxygens (including phenoxy) is 1. The summed E-state index contributed by atoms with van der Waals surface area (Å²) in [6.45, 7) is 3.86. The van der Waals surface area contributed by atoms with E-state index in [0.717, 1.165) is 43.3 Å². The van der Waals surface area contributed by atoms with Crippen LogP contribution in [-0.2, 0) is 0 Å². The Morgan fingerprint density at radius 2 is 1.61 bits per heavy atom. The molecule has 0 radical (unpaired) electrons. The van der Waals surface area contributed by atoms with Crippen LogP contribution in [0, 0.1) is 0 Å². The van der Waals surface area contributed by atoms with E-state index in [9.17, 15) is 9.59 Å². The Morgan fingerprint density at radius 3 is 2.09 bits per heavy atom. The molecule has 1 aromatic carbocycles. The number of rotatable bonds is 5. The van der Waals surface area contributed by atoms with E-state index < -0.39 is 5.97 Å². The number of furan rings is 2. The molecular weight excluding hydrogens is 562 g/mol. The standard InChI is InChI=1S/C17H20BrN3O3.C5H3BrO3/c1-20-5-7-21(8-6-20)14-10-13(3-4-15(14)23-2)19-17(22)12-9-16(18)24-11-12;6-4-1-3(2-9-4)5(7)8/h3-4,9-11H,5-8H2,1-2H3,(H,19,22);1-2H,(H,7,8). The van der Waals surface area contributed by atoms with Crippen molar-refractivity contribution in [1.29, 1.82) is 0 Å². The molecule has 176 valence electrons. The number of carbonyl (C=O) groups excluding carboxylic acids is 1. The van der Waals surface area contributed by atoms with Gasteiger partial charge in [-0.25, -0.2) is 4.79 Å². The van der Waals surface area contributed by atoms with Gasteiger partial charge in [0.25, 0.3) is 5.91 Å². The van der Waals surface area contributed by atoms with Gasteiger partial charge in [-0.05, 0) is 57.1 Å². The molecule has 1 saturated heterocycles. The minimum atomic E-state index is -0.982. The summed E-state index contributed by atoms with van der Waals surface area (Å²) in [4.78, 5) is 27.0. The van der Waals surface area contributed by atoms with Gasteiger partial charge in [-0.2, -0.15) is 0 Å². The summed E-state index contributed by atoms with van der Waals surface area (Å²) in [6.07, 6.45) is 2.59. The monoisotopic (exact) mass is 583 g/mol. The normalized spacial score (nSPS) is 13.8. The number of carbonyl (C=O) groups is 2. The van der Waals surface area contributed by atoms with Crippen LogP contribution >= 0.6 is 31.9 Å². The summed E-state index contributed by atoms with van der Waals surface area (Å²) < 4.78 is 16.2. The van der Waals surface area contributed by atoms with Gasteiger partial charge in [-0.1, -0.05) is 0 Å². The molecule has 0 bridgehead atoms. The Balaban J connectivity index is 0.000000286. The predicted molar refractivity (Wildman–Crippen MR) is 130 cm³/mol. The van der Waals surface area contributed by atoms with Gasteiger partial charge < -0.3 is 33.8 Å². The third kappa shape index (κ3) is 6.86. The Morgan fingerprint density at radius 1 is 1.00 bits per heavy atom. The van der Waals surface area contributed by atoms with Gasteiger partial charge in [0.15, 0.2) is 9.34 Å². The number of likely N-dealkylation sites (N-methyl/N-ethyl adjacent to an activating group) is 1. The molecule has 1 aliphatic rings. The van der Waals surface area contributed by atoms with Gasteiger partial charge in [0.1, 0.15) is 18.3 Å². The number of hydrogen-bond donors (Lipinski definition) is 2. The lowest BCUT2D eigenvalue weighted by Gasteiger charge is -2.34. The van der Waals surface area contributed by atoms with E-state index in [2.05, 4.69) is 58.4 Å². The van der Waals surface area contributed by atoms with Crippen LogP contribution in [0.15, 0.2) is 61.0 Å². The van der Waals surface area contributed by atoms with Crippen LogP contribution in [0.5, 0.6) is 5.75 Å². The maximum atomic E-state index is 12.3. The number of carboxylic acids is 1. The molecule has 3 heterocycles. The Labute approximate surface area is 207 Å². The molecule has 1 amide bonds. The van der Waals surface area contributed by atoms with Gasteiger partial charge in [-0.15, -0.1) is 0 Å². The summed E-state index contributed by atoms with van der Waals surface area (Å²) in [6, 6.07) is 8.71. The lowest BCUT2D eigenvalue weighted by atomic mass is 10.2. The largest absolute Gasteiger partial charge is 0.495 e. The minimum absolute atomic E-state index is 0.155. The average Bonchev–Trinajstić information content (AvgIpc) is 3.43. The SMILES string of the molecule is COc1ccc(NC(=O)c2coc(Br)c2)cc1N1CCN(C)CC1.O=C(O)c1coc(Br)c1. The van der Waals surface area contributed by atoms with Crippen molar-refractivity contribution in [3.05, 3.63) is 63.3 Å². The molecule has 11 heteroatoms. The molecule has 0 saturated carbocycles. The smallest absolute Gasteiger partial charge is 0.339 e. The highest BCUT2D eigenvalue weighted by atomic mass is 79.9. The first kappa shape index (κ1) is 24.9. The van der Waals surface area contributed by atoms with Crippen LogP contribution in [-0.4, -0.2) is 62.2 Å². The summed E-state index contributed by atoms with van der Waals surface area (Å²) in [5.41, 5.74) is 2.35. The fourth-order valence-corrected chi connectivity index (χ4v) is 3.80. The van der Waals surface area contributed by atoms with Crippen molar-refractivity contribution in [2.75, 3.05) is 50.6 Å². The summed E-state index contributed by atoms with van der Waals surface area (Å²) in [7, 11) is 3.78. The summed E-state index contributed by atoms with van der Waals surface area (Å²) in [5.74, 6) is -0.382. The predicted octanol–water partition coefficient (Wildman–Crippen LogP) is 4.80. The molecule has 2 N–H and O–H groups in total. The number of anilines is 2. The van der Waals surface area contributed by atoms with Gasteiger partial charge in [0, 0.05) is 44.0 Å². The first-order chi connectivity index (χ1) is 15.8.